The van der Waals surface area contributed by atoms with Crippen molar-refractivity contribution in [1.82, 2.24) is 10.2 Å². The Kier molecular flexibility index (Phi) is 2.69. The van der Waals surface area contributed by atoms with Crippen LogP contribution in [0, 0.1) is 5.41 Å². The van der Waals surface area contributed by atoms with Gasteiger partial charge in [0.1, 0.15) is 5.41 Å². The van der Waals surface area contributed by atoms with Crippen molar-refractivity contribution in [2.24, 2.45) is 5.41 Å². The molecule has 0 radical (unpaired) electrons. The second-order valence-electron chi connectivity index (χ2n) is 4.99. The number of carbonyl (C=O) groups excluding carboxylic acids is 3. The summed E-state index contributed by atoms with van der Waals surface area (Å²) in [4.78, 5) is 36.6. The van der Waals surface area contributed by atoms with E-state index < -0.39 is 23.3 Å². The van der Waals surface area contributed by atoms with E-state index in [9.17, 15) is 14.4 Å². The molecule has 2 unspecified atom stereocenters. The molecular weight excluding hydrogens is 224 g/mol. The van der Waals surface area contributed by atoms with Crippen LogP contribution in [0.4, 0.5) is 4.79 Å². The van der Waals surface area contributed by atoms with Gasteiger partial charge in [0.2, 0.25) is 11.8 Å². The predicted molar refractivity (Wildman–Crippen MR) is 58.0 cm³/mol. The van der Waals surface area contributed by atoms with E-state index in [1.54, 1.807) is 0 Å². The molecular formula is C11H16N2O4. The molecule has 2 rings (SSSR count). The number of amides is 4. The van der Waals surface area contributed by atoms with E-state index in [4.69, 9.17) is 4.74 Å². The van der Waals surface area contributed by atoms with Crippen LogP contribution >= 0.6 is 0 Å². The second-order valence-corrected chi connectivity index (χ2v) is 4.99. The fraction of sp³-hybridized carbons (Fsp3) is 0.727. The van der Waals surface area contributed by atoms with Crippen molar-refractivity contribution in [3.05, 3.63) is 0 Å². The summed E-state index contributed by atoms with van der Waals surface area (Å²) < 4.78 is 5.35. The first-order valence-electron chi connectivity index (χ1n) is 5.66. The Bertz CT molecular complexity index is 391. The molecule has 2 fully saturated rings. The molecule has 0 spiro atoms. The first-order valence-corrected chi connectivity index (χ1v) is 5.66. The third kappa shape index (κ3) is 1.72. The molecule has 1 N–H and O–H groups in total. The molecule has 0 saturated carbocycles. The lowest BCUT2D eigenvalue weighted by Gasteiger charge is -2.38. The lowest BCUT2D eigenvalue weighted by molar-refractivity contribution is -0.151. The summed E-state index contributed by atoms with van der Waals surface area (Å²) in [5.41, 5.74) is -1.20. The van der Waals surface area contributed by atoms with Crippen LogP contribution in [0.3, 0.4) is 0 Å². The molecule has 17 heavy (non-hydrogen) atoms. The molecule has 6 nitrogen and oxygen atoms in total. The number of barbiturate groups is 1. The van der Waals surface area contributed by atoms with Crippen LogP contribution in [0.15, 0.2) is 0 Å². The average molecular weight is 240 g/mol. The normalized spacial score (nSPS) is 32.9. The van der Waals surface area contributed by atoms with Crippen molar-refractivity contribution in [2.75, 3.05) is 6.61 Å². The molecule has 6 heteroatoms. The molecule has 0 aliphatic carbocycles. The van der Waals surface area contributed by atoms with E-state index in [1.165, 1.54) is 13.8 Å². The number of hydrogen-bond acceptors (Lipinski definition) is 4. The number of hydrogen-bond donors (Lipinski definition) is 1. The highest BCUT2D eigenvalue weighted by atomic mass is 16.5. The molecule has 2 saturated heterocycles. The molecule has 2 aliphatic heterocycles. The fourth-order valence-electron chi connectivity index (χ4n) is 2.16. The van der Waals surface area contributed by atoms with Gasteiger partial charge in [-0.3, -0.25) is 19.8 Å². The third-order valence-corrected chi connectivity index (χ3v) is 3.43. The summed E-state index contributed by atoms with van der Waals surface area (Å²) in [5, 5.41) is 2.22. The van der Waals surface area contributed by atoms with Crippen molar-refractivity contribution in [1.29, 1.82) is 0 Å². The SMILES string of the molecule is CC1OCCC1N1C(=O)NC(=O)C(C)(C)C1=O. The lowest BCUT2D eigenvalue weighted by Crippen LogP contribution is -2.65. The van der Waals surface area contributed by atoms with Gasteiger partial charge >= 0.3 is 6.03 Å². The second kappa shape index (κ2) is 3.80. The first kappa shape index (κ1) is 12.0. The van der Waals surface area contributed by atoms with Crippen LogP contribution in [0.1, 0.15) is 27.2 Å². The Labute approximate surface area is 99.3 Å². The van der Waals surface area contributed by atoms with Crippen molar-refractivity contribution in [3.8, 4) is 0 Å². The van der Waals surface area contributed by atoms with Gasteiger partial charge in [-0.25, -0.2) is 4.79 Å². The average Bonchev–Trinajstić information content (AvgIpc) is 2.63. The van der Waals surface area contributed by atoms with Crippen LogP contribution < -0.4 is 5.32 Å². The van der Waals surface area contributed by atoms with Gasteiger partial charge in [0.25, 0.3) is 0 Å². The van der Waals surface area contributed by atoms with E-state index in [1.807, 2.05) is 6.92 Å². The highest BCUT2D eigenvalue weighted by molar-refractivity contribution is 6.18. The third-order valence-electron chi connectivity index (χ3n) is 3.43. The Balaban J connectivity index is 2.30. The van der Waals surface area contributed by atoms with E-state index in [0.717, 1.165) is 4.90 Å². The molecule has 0 aromatic heterocycles. The van der Waals surface area contributed by atoms with Gasteiger partial charge in [0.15, 0.2) is 0 Å². The molecule has 0 aromatic carbocycles. The number of rotatable bonds is 1. The summed E-state index contributed by atoms with van der Waals surface area (Å²) in [5.74, 6) is -0.996. The van der Waals surface area contributed by atoms with Gasteiger partial charge < -0.3 is 4.74 Å². The number of nitrogens with zero attached hydrogens (tertiary/aromatic N) is 1. The maximum atomic E-state index is 12.2. The fourth-order valence-corrected chi connectivity index (χ4v) is 2.16. The van der Waals surface area contributed by atoms with Gasteiger partial charge in [-0.15, -0.1) is 0 Å². The zero-order valence-corrected chi connectivity index (χ0v) is 10.1. The molecule has 2 aliphatic rings. The molecule has 0 bridgehead atoms. The Morgan fingerprint density at radius 2 is 2.00 bits per heavy atom. The minimum Gasteiger partial charge on any atom is -0.376 e. The largest absolute Gasteiger partial charge is 0.376 e. The van der Waals surface area contributed by atoms with Crippen molar-refractivity contribution < 1.29 is 19.1 Å². The Hall–Kier alpha value is -1.43. The quantitative estimate of drug-likeness (QED) is 0.667. The molecule has 2 heterocycles. The predicted octanol–water partition coefficient (Wildman–Crippen LogP) is 0.268. The number of urea groups is 1. The smallest absolute Gasteiger partial charge is 0.331 e. The first-order chi connectivity index (χ1) is 7.85. The monoisotopic (exact) mass is 240 g/mol. The molecule has 2 atom stereocenters. The number of ether oxygens (including phenoxy) is 1. The Morgan fingerprint density at radius 1 is 1.35 bits per heavy atom. The van der Waals surface area contributed by atoms with Crippen LogP contribution in [0.2, 0.25) is 0 Å². The Morgan fingerprint density at radius 3 is 2.53 bits per heavy atom. The zero-order chi connectivity index (χ0) is 12.8. The van der Waals surface area contributed by atoms with E-state index >= 15 is 0 Å². The summed E-state index contributed by atoms with van der Waals surface area (Å²) >= 11 is 0. The molecule has 94 valence electrons. The van der Waals surface area contributed by atoms with E-state index in [2.05, 4.69) is 5.32 Å². The highest BCUT2D eigenvalue weighted by Gasteiger charge is 2.50. The minimum atomic E-state index is -1.20. The summed E-state index contributed by atoms with van der Waals surface area (Å²) in [6.45, 7) is 5.38. The van der Waals surface area contributed by atoms with Crippen molar-refractivity contribution >= 4 is 17.8 Å². The van der Waals surface area contributed by atoms with Crippen LogP contribution in [-0.2, 0) is 14.3 Å². The number of nitrogens with one attached hydrogen (secondary N) is 1. The molecule has 0 aromatic rings. The number of imide groups is 2. The van der Waals surface area contributed by atoms with Gasteiger partial charge in [-0.1, -0.05) is 0 Å². The van der Waals surface area contributed by atoms with Crippen LogP contribution in [0.5, 0.6) is 0 Å². The zero-order valence-electron chi connectivity index (χ0n) is 10.1. The standard InChI is InChI=1S/C11H16N2O4/c1-6-7(4-5-17-6)13-9(15)11(2,3)8(14)12-10(13)16/h6-7H,4-5H2,1-3H3,(H,12,14,16). The summed E-state index contributed by atoms with van der Waals surface area (Å²) in [6, 6.07) is -0.920. The number of carbonyl (C=O) groups is 3. The van der Waals surface area contributed by atoms with Crippen molar-refractivity contribution in [3.63, 3.8) is 0 Å². The van der Waals surface area contributed by atoms with Gasteiger partial charge in [0.05, 0.1) is 12.1 Å². The maximum absolute atomic E-state index is 12.2. The van der Waals surface area contributed by atoms with E-state index in [0.29, 0.717) is 13.0 Å². The van der Waals surface area contributed by atoms with Crippen LogP contribution in [-0.4, -0.2) is 41.5 Å². The van der Waals surface area contributed by atoms with E-state index in [-0.39, 0.29) is 12.1 Å². The topological polar surface area (TPSA) is 75.7 Å². The van der Waals surface area contributed by atoms with Gasteiger partial charge in [0, 0.05) is 6.61 Å². The minimum absolute atomic E-state index is 0.186. The van der Waals surface area contributed by atoms with Crippen LogP contribution in [0.25, 0.3) is 0 Å². The summed E-state index contributed by atoms with van der Waals surface area (Å²) in [6.07, 6.45) is 0.429. The van der Waals surface area contributed by atoms with Gasteiger partial charge in [-0.05, 0) is 27.2 Å². The lowest BCUT2D eigenvalue weighted by atomic mass is 9.87. The maximum Gasteiger partial charge on any atom is 0.331 e. The summed E-state index contributed by atoms with van der Waals surface area (Å²) in [7, 11) is 0. The van der Waals surface area contributed by atoms with Gasteiger partial charge in [-0.2, -0.15) is 0 Å². The van der Waals surface area contributed by atoms with Crippen molar-refractivity contribution in [2.45, 2.75) is 39.3 Å². The molecule has 4 amide bonds. The highest BCUT2D eigenvalue weighted by Crippen LogP contribution is 2.29.